The second-order valence-electron chi connectivity index (χ2n) is 4.72. The number of nitrogens with one attached hydrogen (secondary N) is 1. The highest BCUT2D eigenvalue weighted by atomic mass is 19.1. The van der Waals surface area contributed by atoms with Crippen molar-refractivity contribution < 1.29 is 9.13 Å². The molecule has 22 heavy (non-hydrogen) atoms. The fraction of sp³-hybridized carbons (Fsp3) is 0.167. The number of hydrogen-bond donors (Lipinski definition) is 1. The van der Waals surface area contributed by atoms with Crippen molar-refractivity contribution in [2.75, 3.05) is 11.9 Å². The molecule has 0 unspecified atom stereocenters. The molecular weight excluding hydrogens is 279 g/mol. The number of ether oxygens (including phenoxy) is 1. The summed E-state index contributed by atoms with van der Waals surface area (Å²) in [7, 11) is 0. The van der Waals surface area contributed by atoms with E-state index in [9.17, 15) is 9.65 Å². The lowest BCUT2D eigenvalue weighted by molar-refractivity contribution is 0.317. The highest BCUT2D eigenvalue weighted by Gasteiger charge is 1.99. The van der Waals surface area contributed by atoms with Crippen LogP contribution in [0.4, 0.5) is 10.1 Å². The average Bonchev–Trinajstić information content (AvgIpc) is 2.55. The minimum Gasteiger partial charge on any atom is -0.494 e. The van der Waals surface area contributed by atoms with Gasteiger partial charge in [-0.1, -0.05) is 19.1 Å². The van der Waals surface area contributed by atoms with Gasteiger partial charge in [0.2, 0.25) is 0 Å². The van der Waals surface area contributed by atoms with Crippen LogP contribution in [0.2, 0.25) is 0 Å². The van der Waals surface area contributed by atoms with Gasteiger partial charge in [-0.2, -0.15) is 5.26 Å². The van der Waals surface area contributed by atoms with Crippen LogP contribution in [0.15, 0.2) is 54.2 Å². The summed E-state index contributed by atoms with van der Waals surface area (Å²) in [5.74, 6) is 0.500. The molecule has 0 heterocycles. The maximum Gasteiger partial charge on any atom is 0.123 e. The average molecular weight is 296 g/mol. The van der Waals surface area contributed by atoms with Crippen LogP contribution in [0, 0.1) is 17.1 Å². The molecule has 0 atom stereocenters. The van der Waals surface area contributed by atoms with E-state index in [0.717, 1.165) is 17.7 Å². The Kier molecular flexibility index (Phi) is 5.56. The molecule has 0 saturated heterocycles. The van der Waals surface area contributed by atoms with Crippen LogP contribution in [0.25, 0.3) is 6.08 Å². The lowest BCUT2D eigenvalue weighted by Crippen LogP contribution is -1.97. The monoisotopic (exact) mass is 296 g/mol. The Balaban J connectivity index is 2.08. The summed E-state index contributed by atoms with van der Waals surface area (Å²) < 4.78 is 18.4. The number of nitrogens with zero attached hydrogens (tertiary/aromatic N) is 1. The molecule has 3 nitrogen and oxygen atoms in total. The van der Waals surface area contributed by atoms with E-state index < -0.39 is 0 Å². The van der Waals surface area contributed by atoms with Crippen LogP contribution in [-0.4, -0.2) is 6.61 Å². The van der Waals surface area contributed by atoms with Gasteiger partial charge in [0.25, 0.3) is 0 Å². The first-order valence-electron chi connectivity index (χ1n) is 7.08. The molecule has 0 bridgehead atoms. The molecule has 0 aliphatic carbocycles. The normalized spacial score (nSPS) is 10.9. The van der Waals surface area contributed by atoms with Gasteiger partial charge in [-0.3, -0.25) is 0 Å². The van der Waals surface area contributed by atoms with E-state index in [4.69, 9.17) is 4.74 Å². The Morgan fingerprint density at radius 3 is 2.45 bits per heavy atom. The van der Waals surface area contributed by atoms with E-state index in [1.165, 1.54) is 12.1 Å². The van der Waals surface area contributed by atoms with Crippen molar-refractivity contribution in [1.29, 1.82) is 5.26 Å². The smallest absolute Gasteiger partial charge is 0.123 e. The van der Waals surface area contributed by atoms with Crippen LogP contribution in [0.3, 0.4) is 0 Å². The summed E-state index contributed by atoms with van der Waals surface area (Å²) in [4.78, 5) is 0. The molecule has 0 fully saturated rings. The molecule has 2 aromatic carbocycles. The summed E-state index contributed by atoms with van der Waals surface area (Å²) in [5.41, 5.74) is 1.93. The van der Waals surface area contributed by atoms with E-state index in [-0.39, 0.29) is 5.82 Å². The summed E-state index contributed by atoms with van der Waals surface area (Å²) >= 11 is 0. The lowest BCUT2D eigenvalue weighted by Gasteiger charge is -2.06. The van der Waals surface area contributed by atoms with Gasteiger partial charge in [0.1, 0.15) is 23.3 Å². The van der Waals surface area contributed by atoms with E-state index in [1.807, 2.05) is 24.3 Å². The number of anilines is 1. The van der Waals surface area contributed by atoms with Crippen LogP contribution in [-0.2, 0) is 0 Å². The topological polar surface area (TPSA) is 45.0 Å². The van der Waals surface area contributed by atoms with Gasteiger partial charge in [0.05, 0.1) is 6.61 Å². The van der Waals surface area contributed by atoms with E-state index in [1.54, 1.807) is 18.2 Å². The van der Waals surface area contributed by atoms with Gasteiger partial charge in [-0.05, 0) is 54.5 Å². The zero-order chi connectivity index (χ0) is 15.8. The second kappa shape index (κ2) is 7.84. The third kappa shape index (κ3) is 4.64. The van der Waals surface area contributed by atoms with E-state index in [2.05, 4.69) is 18.3 Å². The maximum atomic E-state index is 12.9. The Morgan fingerprint density at radius 2 is 1.86 bits per heavy atom. The van der Waals surface area contributed by atoms with Gasteiger partial charge in [0, 0.05) is 5.69 Å². The predicted octanol–water partition coefficient (Wildman–Crippen LogP) is 4.59. The molecule has 0 spiro atoms. The highest BCUT2D eigenvalue weighted by molar-refractivity contribution is 5.64. The zero-order valence-corrected chi connectivity index (χ0v) is 12.3. The van der Waals surface area contributed by atoms with Crippen molar-refractivity contribution in [3.63, 3.8) is 0 Å². The molecule has 0 radical (unpaired) electrons. The summed E-state index contributed by atoms with van der Waals surface area (Å²) in [6.45, 7) is 2.74. The summed E-state index contributed by atoms with van der Waals surface area (Å²) in [6.07, 6.45) is 2.69. The van der Waals surface area contributed by atoms with Crippen molar-refractivity contribution >= 4 is 11.8 Å². The molecule has 2 aromatic rings. The largest absolute Gasteiger partial charge is 0.494 e. The van der Waals surface area contributed by atoms with E-state index in [0.29, 0.717) is 18.0 Å². The lowest BCUT2D eigenvalue weighted by atomic mass is 10.2. The third-order valence-corrected chi connectivity index (χ3v) is 2.91. The summed E-state index contributed by atoms with van der Waals surface area (Å²) in [5, 5.41) is 12.1. The molecule has 0 aliphatic heterocycles. The maximum absolute atomic E-state index is 12.9. The Labute approximate surface area is 129 Å². The quantitative estimate of drug-likeness (QED) is 0.793. The van der Waals surface area contributed by atoms with Gasteiger partial charge in [-0.25, -0.2) is 4.39 Å². The van der Waals surface area contributed by atoms with Gasteiger partial charge in [0.15, 0.2) is 0 Å². The molecule has 0 saturated carbocycles. The van der Waals surface area contributed by atoms with Gasteiger partial charge in [-0.15, -0.1) is 0 Å². The first kappa shape index (κ1) is 15.6. The second-order valence-corrected chi connectivity index (χ2v) is 4.72. The van der Waals surface area contributed by atoms with Crippen molar-refractivity contribution in [3.8, 4) is 11.8 Å². The number of halogens is 1. The first-order valence-corrected chi connectivity index (χ1v) is 7.08. The predicted molar refractivity (Wildman–Crippen MR) is 85.8 cm³/mol. The van der Waals surface area contributed by atoms with Crippen molar-refractivity contribution in [2.45, 2.75) is 13.3 Å². The van der Waals surface area contributed by atoms with Crippen molar-refractivity contribution in [3.05, 3.63) is 65.6 Å². The third-order valence-electron chi connectivity index (χ3n) is 2.91. The first-order chi connectivity index (χ1) is 10.7. The van der Waals surface area contributed by atoms with Gasteiger partial charge >= 0.3 is 0 Å². The number of allylic oxidation sites excluding steroid dienone is 1. The number of hydrogen-bond acceptors (Lipinski definition) is 3. The number of rotatable bonds is 6. The molecular formula is C18H17FN2O. The van der Waals surface area contributed by atoms with Crippen LogP contribution in [0.5, 0.6) is 5.75 Å². The van der Waals surface area contributed by atoms with Crippen LogP contribution >= 0.6 is 0 Å². The zero-order valence-electron chi connectivity index (χ0n) is 12.3. The summed E-state index contributed by atoms with van der Waals surface area (Å²) in [6, 6.07) is 15.5. The Morgan fingerprint density at radius 1 is 1.18 bits per heavy atom. The Bertz CT molecular complexity index is 670. The molecule has 112 valence electrons. The Hall–Kier alpha value is -2.80. The molecule has 0 amide bonds. The number of nitriles is 1. The minimum atomic E-state index is -0.310. The van der Waals surface area contributed by atoms with Crippen molar-refractivity contribution in [1.82, 2.24) is 0 Å². The molecule has 2 rings (SSSR count). The minimum absolute atomic E-state index is 0.310. The fourth-order valence-corrected chi connectivity index (χ4v) is 1.83. The van der Waals surface area contributed by atoms with Crippen LogP contribution < -0.4 is 10.1 Å². The van der Waals surface area contributed by atoms with Crippen molar-refractivity contribution in [2.24, 2.45) is 0 Å². The highest BCUT2D eigenvalue weighted by Crippen LogP contribution is 2.16. The molecule has 4 heteroatoms. The fourth-order valence-electron chi connectivity index (χ4n) is 1.83. The number of benzene rings is 2. The molecule has 0 aliphatic rings. The van der Waals surface area contributed by atoms with Crippen LogP contribution in [0.1, 0.15) is 18.9 Å². The van der Waals surface area contributed by atoms with E-state index >= 15 is 0 Å². The molecule has 1 N–H and O–H groups in total. The molecule has 0 aromatic heterocycles. The van der Waals surface area contributed by atoms with Gasteiger partial charge < -0.3 is 10.1 Å². The standard InChI is InChI=1S/C18H17FN2O/c1-2-11-22-18-9-3-14(4-10-18)12-17(13-20)21-16-7-5-15(19)6-8-16/h3-10,12,21H,2,11H2,1H3. The SMILES string of the molecule is CCCOc1ccc(C=C(C#N)Nc2ccc(F)cc2)cc1.